The number of nitrogens with zero attached hydrogens (tertiary/aromatic N) is 2. The molecule has 0 spiro atoms. The van der Waals surface area contributed by atoms with Crippen molar-refractivity contribution in [2.24, 2.45) is 0 Å². The number of sulfonamides is 1. The predicted molar refractivity (Wildman–Crippen MR) is 108 cm³/mol. The van der Waals surface area contributed by atoms with E-state index in [9.17, 15) is 18.0 Å². The molecule has 0 N–H and O–H groups in total. The van der Waals surface area contributed by atoms with E-state index in [0.717, 1.165) is 0 Å². The molecule has 0 aromatic heterocycles. The summed E-state index contributed by atoms with van der Waals surface area (Å²) in [6.07, 6.45) is -0.367. The molecule has 2 atom stereocenters. The second-order valence-electron chi connectivity index (χ2n) is 7.44. The number of carbonyl (C=O) groups excluding carboxylic acids is 2. The first-order valence-corrected chi connectivity index (χ1v) is 11.2. The van der Waals surface area contributed by atoms with Crippen LogP contribution in [0.25, 0.3) is 0 Å². The molecule has 1 aromatic rings. The van der Waals surface area contributed by atoms with Crippen LogP contribution < -0.4 is 0 Å². The fourth-order valence-corrected chi connectivity index (χ4v) is 4.84. The fourth-order valence-electron chi connectivity index (χ4n) is 3.25. The van der Waals surface area contributed by atoms with Crippen molar-refractivity contribution in [2.75, 3.05) is 26.2 Å². The van der Waals surface area contributed by atoms with Crippen LogP contribution in [0.3, 0.4) is 0 Å². The summed E-state index contributed by atoms with van der Waals surface area (Å²) in [5, 5.41) is 0. The second kappa shape index (κ2) is 9.69. The van der Waals surface area contributed by atoms with E-state index in [1.165, 1.54) is 33.5 Å². The summed E-state index contributed by atoms with van der Waals surface area (Å²) < 4.78 is 37.8. The number of esters is 1. The van der Waals surface area contributed by atoms with Gasteiger partial charge in [0.25, 0.3) is 5.91 Å². The van der Waals surface area contributed by atoms with Crippen molar-refractivity contribution in [1.82, 2.24) is 9.21 Å². The molecule has 29 heavy (non-hydrogen) atoms. The Morgan fingerprint density at radius 2 is 1.72 bits per heavy atom. The highest BCUT2D eigenvalue weighted by molar-refractivity contribution is 7.89. The van der Waals surface area contributed by atoms with Crippen molar-refractivity contribution in [1.29, 1.82) is 0 Å². The van der Waals surface area contributed by atoms with Crippen molar-refractivity contribution in [3.05, 3.63) is 29.8 Å². The number of amides is 1. The lowest BCUT2D eigenvalue weighted by atomic mass is 10.1. The Kier molecular flexibility index (Phi) is 7.79. The normalized spacial score (nSPS) is 20.5. The average Bonchev–Trinajstić information content (AvgIpc) is 2.65. The molecule has 1 aliphatic heterocycles. The van der Waals surface area contributed by atoms with Crippen LogP contribution in [-0.2, 0) is 24.3 Å². The van der Waals surface area contributed by atoms with Gasteiger partial charge in [0.2, 0.25) is 10.0 Å². The summed E-state index contributed by atoms with van der Waals surface area (Å²) in [6.45, 7) is 9.64. The zero-order valence-electron chi connectivity index (χ0n) is 17.6. The number of ether oxygens (including phenoxy) is 2. The second-order valence-corrected chi connectivity index (χ2v) is 9.37. The Labute approximate surface area is 172 Å². The predicted octanol–water partition coefficient (Wildman–Crippen LogP) is 1.90. The minimum atomic E-state index is -3.68. The molecule has 2 rings (SSSR count). The van der Waals surface area contributed by atoms with Gasteiger partial charge in [0.1, 0.15) is 6.54 Å². The van der Waals surface area contributed by atoms with E-state index < -0.39 is 16.0 Å². The van der Waals surface area contributed by atoms with Gasteiger partial charge in [0, 0.05) is 24.7 Å². The van der Waals surface area contributed by atoms with Crippen LogP contribution in [0.4, 0.5) is 0 Å². The molecule has 0 radical (unpaired) electrons. The van der Waals surface area contributed by atoms with Gasteiger partial charge < -0.3 is 14.4 Å². The molecule has 1 aromatic carbocycles. The van der Waals surface area contributed by atoms with Crippen molar-refractivity contribution in [3.8, 4) is 0 Å². The monoisotopic (exact) mass is 426 g/mol. The number of benzene rings is 1. The number of morpholine rings is 1. The van der Waals surface area contributed by atoms with Crippen molar-refractivity contribution in [2.45, 2.75) is 57.8 Å². The van der Waals surface area contributed by atoms with Gasteiger partial charge in [0.05, 0.1) is 23.7 Å². The highest BCUT2D eigenvalue weighted by Crippen LogP contribution is 2.22. The molecular weight excluding hydrogens is 396 g/mol. The maximum absolute atomic E-state index is 12.9. The standard InChI is InChI=1S/C20H30N2O6S/c1-6-27-19(23)13-22(14(2)3)20(24)17-7-9-18(10-8-17)29(25,26)21-11-15(4)28-16(5)12-21/h7-10,14-16H,6,11-13H2,1-5H3. The maximum Gasteiger partial charge on any atom is 0.325 e. The summed E-state index contributed by atoms with van der Waals surface area (Å²) in [5.41, 5.74) is 0.311. The van der Waals surface area contributed by atoms with Gasteiger partial charge in [0.15, 0.2) is 0 Å². The van der Waals surface area contributed by atoms with Gasteiger partial charge in [-0.25, -0.2) is 8.42 Å². The van der Waals surface area contributed by atoms with E-state index in [0.29, 0.717) is 5.56 Å². The van der Waals surface area contributed by atoms with E-state index >= 15 is 0 Å². The van der Waals surface area contributed by atoms with Crippen LogP contribution in [0, 0.1) is 0 Å². The van der Waals surface area contributed by atoms with Crippen LogP contribution >= 0.6 is 0 Å². The first-order valence-electron chi connectivity index (χ1n) is 9.78. The molecule has 9 heteroatoms. The molecule has 0 aliphatic carbocycles. The third-order valence-corrected chi connectivity index (χ3v) is 6.46. The summed E-state index contributed by atoms with van der Waals surface area (Å²) in [4.78, 5) is 26.1. The highest BCUT2D eigenvalue weighted by Gasteiger charge is 2.32. The van der Waals surface area contributed by atoms with Crippen LogP contribution in [0.2, 0.25) is 0 Å². The minimum Gasteiger partial charge on any atom is -0.465 e. The molecule has 8 nitrogen and oxygen atoms in total. The van der Waals surface area contributed by atoms with Crippen LogP contribution in [-0.4, -0.2) is 74.0 Å². The SMILES string of the molecule is CCOC(=O)CN(C(=O)c1ccc(S(=O)(=O)N2CC(C)OC(C)C2)cc1)C(C)C. The van der Waals surface area contributed by atoms with Crippen LogP contribution in [0.15, 0.2) is 29.2 Å². The highest BCUT2D eigenvalue weighted by atomic mass is 32.2. The molecule has 1 aliphatic rings. The molecule has 1 heterocycles. The molecule has 0 saturated carbocycles. The molecular formula is C20H30N2O6S. The Morgan fingerprint density at radius 3 is 2.21 bits per heavy atom. The molecule has 1 saturated heterocycles. The molecule has 162 valence electrons. The topological polar surface area (TPSA) is 93.2 Å². The number of rotatable bonds is 7. The first-order chi connectivity index (χ1) is 13.6. The van der Waals surface area contributed by atoms with Gasteiger partial charge >= 0.3 is 5.97 Å². The summed E-state index contributed by atoms with van der Waals surface area (Å²) in [5.74, 6) is -0.838. The average molecular weight is 427 g/mol. The Bertz CT molecular complexity index is 812. The summed E-state index contributed by atoms with van der Waals surface area (Å²) in [7, 11) is -3.68. The van der Waals surface area contributed by atoms with Gasteiger partial charge in [-0.05, 0) is 58.9 Å². The van der Waals surface area contributed by atoms with E-state index in [4.69, 9.17) is 9.47 Å². The lowest BCUT2D eigenvalue weighted by Gasteiger charge is -2.34. The summed E-state index contributed by atoms with van der Waals surface area (Å²) >= 11 is 0. The van der Waals surface area contributed by atoms with Gasteiger partial charge in [-0.1, -0.05) is 0 Å². The molecule has 1 fully saturated rings. The summed E-state index contributed by atoms with van der Waals surface area (Å²) in [6, 6.07) is 5.59. The van der Waals surface area contributed by atoms with Crippen LogP contribution in [0.1, 0.15) is 45.0 Å². The zero-order chi connectivity index (χ0) is 21.8. The Hall–Kier alpha value is -1.97. The van der Waals surface area contributed by atoms with E-state index in [1.54, 1.807) is 20.8 Å². The molecule has 1 amide bonds. The first kappa shape index (κ1) is 23.3. The Balaban J connectivity index is 2.19. The third-order valence-electron chi connectivity index (χ3n) is 4.61. The number of carbonyl (C=O) groups is 2. The number of hydrogen-bond donors (Lipinski definition) is 0. The van der Waals surface area contributed by atoms with Crippen molar-refractivity contribution >= 4 is 21.9 Å². The fraction of sp³-hybridized carbons (Fsp3) is 0.600. The largest absolute Gasteiger partial charge is 0.465 e. The van der Waals surface area contributed by atoms with Crippen molar-refractivity contribution < 1.29 is 27.5 Å². The quantitative estimate of drug-likeness (QED) is 0.618. The van der Waals surface area contributed by atoms with Crippen LogP contribution in [0.5, 0.6) is 0 Å². The van der Waals surface area contributed by atoms with E-state index in [1.807, 2.05) is 13.8 Å². The van der Waals surface area contributed by atoms with E-state index in [-0.39, 0.29) is 55.3 Å². The van der Waals surface area contributed by atoms with E-state index in [2.05, 4.69) is 0 Å². The molecule has 0 bridgehead atoms. The minimum absolute atomic E-state index is 0.122. The number of hydrogen-bond acceptors (Lipinski definition) is 6. The lowest BCUT2D eigenvalue weighted by molar-refractivity contribution is -0.144. The third kappa shape index (κ3) is 5.77. The Morgan fingerprint density at radius 1 is 1.17 bits per heavy atom. The van der Waals surface area contributed by atoms with Gasteiger partial charge in [-0.3, -0.25) is 9.59 Å². The molecule has 2 unspecified atom stereocenters. The van der Waals surface area contributed by atoms with Gasteiger partial charge in [-0.15, -0.1) is 0 Å². The van der Waals surface area contributed by atoms with Gasteiger partial charge in [-0.2, -0.15) is 4.31 Å². The van der Waals surface area contributed by atoms with Crippen molar-refractivity contribution in [3.63, 3.8) is 0 Å². The smallest absolute Gasteiger partial charge is 0.325 e. The zero-order valence-corrected chi connectivity index (χ0v) is 18.4. The maximum atomic E-state index is 12.9. The lowest BCUT2D eigenvalue weighted by Crippen LogP contribution is -2.48.